The molecule has 0 aliphatic carbocycles. The van der Waals surface area contributed by atoms with Crippen molar-refractivity contribution in [3.63, 3.8) is 0 Å². The van der Waals surface area contributed by atoms with Crippen LogP contribution in [-0.4, -0.2) is 22.0 Å². The molecule has 0 radical (unpaired) electrons. The Balaban J connectivity index is 1.59. The van der Waals surface area contributed by atoms with Crippen LogP contribution in [-0.2, 0) is 22.6 Å². The molecule has 0 bridgehead atoms. The van der Waals surface area contributed by atoms with Crippen molar-refractivity contribution in [2.45, 2.75) is 26.9 Å². The van der Waals surface area contributed by atoms with Gasteiger partial charge in [0.2, 0.25) is 0 Å². The van der Waals surface area contributed by atoms with Crippen LogP contribution >= 0.6 is 0 Å². The largest absolute Gasteiger partial charge is 0.482 e. The molecule has 0 saturated heterocycles. The minimum Gasteiger partial charge on any atom is -0.482 e. The molecule has 2 aromatic heterocycles. The zero-order chi connectivity index (χ0) is 18.5. The summed E-state index contributed by atoms with van der Waals surface area (Å²) in [7, 11) is 0. The number of aryl methyl sites for hydroxylation is 2. The van der Waals surface area contributed by atoms with E-state index in [1.165, 1.54) is 16.0 Å². The van der Waals surface area contributed by atoms with Crippen LogP contribution in [0.25, 0.3) is 5.65 Å². The number of aromatic nitrogens is 2. The van der Waals surface area contributed by atoms with Gasteiger partial charge in [-0.25, -0.2) is 9.78 Å². The van der Waals surface area contributed by atoms with Gasteiger partial charge in [-0.15, -0.1) is 0 Å². The number of fused-ring (bicyclic) bond motifs is 1. The lowest BCUT2D eigenvalue weighted by molar-refractivity contribution is -0.147. The minimum atomic E-state index is -0.518. The van der Waals surface area contributed by atoms with Gasteiger partial charge in [0, 0.05) is 11.8 Å². The maximum absolute atomic E-state index is 12.2. The van der Waals surface area contributed by atoms with Crippen LogP contribution in [0, 0.1) is 6.92 Å². The highest BCUT2D eigenvalue weighted by Crippen LogP contribution is 2.12. The van der Waals surface area contributed by atoms with E-state index in [4.69, 9.17) is 9.47 Å². The van der Waals surface area contributed by atoms with E-state index >= 15 is 0 Å². The number of rotatable bonds is 6. The van der Waals surface area contributed by atoms with Crippen molar-refractivity contribution < 1.29 is 14.3 Å². The second-order valence-corrected chi connectivity index (χ2v) is 5.89. The summed E-state index contributed by atoms with van der Waals surface area (Å²) in [5.74, 6) is 0.0903. The fourth-order valence-corrected chi connectivity index (χ4v) is 2.60. The number of ether oxygens (including phenoxy) is 2. The third kappa shape index (κ3) is 4.08. The van der Waals surface area contributed by atoms with Crippen LogP contribution < -0.4 is 10.3 Å². The molecular weight excluding hydrogens is 332 g/mol. The van der Waals surface area contributed by atoms with Gasteiger partial charge in [-0.3, -0.25) is 9.20 Å². The molecule has 6 heteroatoms. The summed E-state index contributed by atoms with van der Waals surface area (Å²) in [6, 6.07) is 14.3. The molecule has 134 valence electrons. The molecule has 0 aliphatic rings. The van der Waals surface area contributed by atoms with Crippen molar-refractivity contribution in [3.05, 3.63) is 75.8 Å². The number of benzene rings is 1. The molecule has 0 atom stereocenters. The molecule has 3 aromatic rings. The van der Waals surface area contributed by atoms with Gasteiger partial charge in [-0.1, -0.05) is 25.1 Å². The van der Waals surface area contributed by atoms with Crippen LogP contribution in [0.5, 0.6) is 5.75 Å². The summed E-state index contributed by atoms with van der Waals surface area (Å²) < 4.78 is 12.1. The van der Waals surface area contributed by atoms with Gasteiger partial charge >= 0.3 is 5.97 Å². The molecule has 0 amide bonds. The molecule has 0 saturated carbocycles. The zero-order valence-corrected chi connectivity index (χ0v) is 14.8. The van der Waals surface area contributed by atoms with Crippen LogP contribution in [0.1, 0.15) is 23.9 Å². The van der Waals surface area contributed by atoms with Crippen LogP contribution in [0.15, 0.2) is 53.3 Å². The number of carbonyl (C=O) groups is 1. The Morgan fingerprint density at radius 2 is 1.92 bits per heavy atom. The molecular formula is C20H20N2O4. The first-order valence-electron chi connectivity index (χ1n) is 8.42. The standard InChI is InChI=1S/C20H20N2O4/c1-3-15-7-9-17(10-8-15)25-13-20(24)26-12-16-11-19(23)22-14(2)5-4-6-18(22)21-16/h4-11H,3,12-13H2,1-2H3. The van der Waals surface area contributed by atoms with Gasteiger partial charge in [0.05, 0.1) is 5.69 Å². The molecule has 6 nitrogen and oxygen atoms in total. The number of pyridine rings is 1. The molecule has 0 aliphatic heterocycles. The number of carbonyl (C=O) groups excluding carboxylic acids is 1. The van der Waals surface area contributed by atoms with Crippen molar-refractivity contribution in [3.8, 4) is 5.75 Å². The predicted molar refractivity (Wildman–Crippen MR) is 97.3 cm³/mol. The van der Waals surface area contributed by atoms with Gasteiger partial charge in [0.1, 0.15) is 18.0 Å². The Hall–Kier alpha value is -3.15. The molecule has 0 unspecified atom stereocenters. The van der Waals surface area contributed by atoms with Crippen LogP contribution in [0.2, 0.25) is 0 Å². The first-order valence-corrected chi connectivity index (χ1v) is 8.42. The van der Waals surface area contributed by atoms with Gasteiger partial charge < -0.3 is 9.47 Å². The Kier molecular flexibility index (Phi) is 5.31. The molecule has 26 heavy (non-hydrogen) atoms. The predicted octanol–water partition coefficient (Wildman–Crippen LogP) is 2.69. The van der Waals surface area contributed by atoms with Gasteiger partial charge in [0.15, 0.2) is 6.61 Å². The number of hydrogen-bond donors (Lipinski definition) is 0. The molecule has 3 rings (SSSR count). The third-order valence-corrected chi connectivity index (χ3v) is 4.00. The summed E-state index contributed by atoms with van der Waals surface area (Å²) in [5.41, 5.74) is 2.72. The van der Waals surface area contributed by atoms with Gasteiger partial charge in [-0.05, 0) is 43.2 Å². The summed E-state index contributed by atoms with van der Waals surface area (Å²) in [6.07, 6.45) is 0.945. The normalized spacial score (nSPS) is 10.7. The van der Waals surface area contributed by atoms with Gasteiger partial charge in [0.25, 0.3) is 5.56 Å². The van der Waals surface area contributed by atoms with Crippen molar-refractivity contribution in [2.24, 2.45) is 0 Å². The van der Waals surface area contributed by atoms with E-state index in [1.807, 2.05) is 43.3 Å². The second kappa shape index (κ2) is 7.82. The smallest absolute Gasteiger partial charge is 0.344 e. The maximum Gasteiger partial charge on any atom is 0.344 e. The summed E-state index contributed by atoms with van der Waals surface area (Å²) in [5, 5.41) is 0. The lowest BCUT2D eigenvalue weighted by Crippen LogP contribution is -2.19. The van der Waals surface area contributed by atoms with E-state index in [2.05, 4.69) is 11.9 Å². The van der Waals surface area contributed by atoms with E-state index in [0.29, 0.717) is 17.1 Å². The van der Waals surface area contributed by atoms with Crippen molar-refractivity contribution >= 4 is 11.6 Å². The number of nitrogens with zero attached hydrogens (tertiary/aromatic N) is 2. The summed E-state index contributed by atoms with van der Waals surface area (Å²) in [4.78, 5) is 28.4. The first kappa shape index (κ1) is 17.7. The highest BCUT2D eigenvalue weighted by molar-refractivity contribution is 5.71. The summed E-state index contributed by atoms with van der Waals surface area (Å²) >= 11 is 0. The van der Waals surface area contributed by atoms with E-state index < -0.39 is 5.97 Å². The van der Waals surface area contributed by atoms with E-state index in [-0.39, 0.29) is 18.8 Å². The van der Waals surface area contributed by atoms with Crippen LogP contribution in [0.4, 0.5) is 0 Å². The van der Waals surface area contributed by atoms with E-state index in [0.717, 1.165) is 12.1 Å². The fourth-order valence-electron chi connectivity index (χ4n) is 2.60. The SMILES string of the molecule is CCc1ccc(OCC(=O)OCc2cc(=O)n3c(C)cccc3n2)cc1. The lowest BCUT2D eigenvalue weighted by Gasteiger charge is -2.09. The molecule has 2 heterocycles. The monoisotopic (exact) mass is 352 g/mol. The van der Waals surface area contributed by atoms with Crippen molar-refractivity contribution in [2.75, 3.05) is 6.61 Å². The van der Waals surface area contributed by atoms with Gasteiger partial charge in [-0.2, -0.15) is 0 Å². The van der Waals surface area contributed by atoms with E-state index in [1.54, 1.807) is 6.07 Å². The second-order valence-electron chi connectivity index (χ2n) is 5.89. The van der Waals surface area contributed by atoms with E-state index in [9.17, 15) is 9.59 Å². The first-order chi connectivity index (χ1) is 12.6. The molecule has 0 fully saturated rings. The average Bonchev–Trinajstić information content (AvgIpc) is 2.65. The Morgan fingerprint density at radius 3 is 2.65 bits per heavy atom. The molecule has 0 spiro atoms. The van der Waals surface area contributed by atoms with Crippen LogP contribution in [0.3, 0.4) is 0 Å². The Morgan fingerprint density at radius 1 is 1.15 bits per heavy atom. The average molecular weight is 352 g/mol. The zero-order valence-electron chi connectivity index (χ0n) is 14.8. The highest BCUT2D eigenvalue weighted by atomic mass is 16.6. The third-order valence-electron chi connectivity index (χ3n) is 4.00. The lowest BCUT2D eigenvalue weighted by atomic mass is 10.2. The summed E-state index contributed by atoms with van der Waals surface area (Å²) in [6.45, 7) is 3.63. The molecule has 0 N–H and O–H groups in total. The quantitative estimate of drug-likeness (QED) is 0.638. The fraction of sp³-hybridized carbons (Fsp3) is 0.250. The molecule has 1 aromatic carbocycles. The Labute approximate surface area is 151 Å². The van der Waals surface area contributed by atoms with Crippen molar-refractivity contribution in [1.29, 1.82) is 0 Å². The van der Waals surface area contributed by atoms with Crippen molar-refractivity contribution in [1.82, 2.24) is 9.38 Å². The number of esters is 1. The topological polar surface area (TPSA) is 69.9 Å². The minimum absolute atomic E-state index is 0.0728. The number of hydrogen-bond acceptors (Lipinski definition) is 5. The highest BCUT2D eigenvalue weighted by Gasteiger charge is 2.08. The maximum atomic E-state index is 12.2. The Bertz CT molecular complexity index is 977.